The number of anilines is 2. The van der Waals surface area contributed by atoms with Crippen LogP contribution in [-0.4, -0.2) is 34.0 Å². The van der Waals surface area contributed by atoms with E-state index >= 15 is 0 Å². The highest BCUT2D eigenvalue weighted by atomic mass is 32.1. The minimum absolute atomic E-state index is 0.107. The molecule has 0 fully saturated rings. The van der Waals surface area contributed by atoms with Crippen molar-refractivity contribution in [3.05, 3.63) is 106 Å². The van der Waals surface area contributed by atoms with Gasteiger partial charge in [0.25, 0.3) is 11.8 Å². The van der Waals surface area contributed by atoms with E-state index < -0.39 is 29.0 Å². The lowest BCUT2D eigenvalue weighted by molar-refractivity contribution is 0.0654. The number of carboxylic acids is 2. The summed E-state index contributed by atoms with van der Waals surface area (Å²) < 4.78 is 3.03. The van der Waals surface area contributed by atoms with Crippen LogP contribution >= 0.6 is 34.0 Å². The molecule has 0 unspecified atom stereocenters. The predicted molar refractivity (Wildman–Crippen MR) is 173 cm³/mol. The smallest absolute Gasteiger partial charge is 0.338 e. The van der Waals surface area contributed by atoms with Gasteiger partial charge < -0.3 is 20.8 Å². The van der Waals surface area contributed by atoms with Crippen molar-refractivity contribution in [3.63, 3.8) is 0 Å². The summed E-state index contributed by atoms with van der Waals surface area (Å²) in [5.41, 5.74) is -0.513. The predicted octanol–water partition coefficient (Wildman–Crippen LogP) is 8.38. The Morgan fingerprint density at radius 2 is 1.14 bits per heavy atom. The second-order valence-electron chi connectivity index (χ2n) is 9.68. The lowest BCUT2D eigenvalue weighted by atomic mass is 9.98. The number of amides is 2. The van der Waals surface area contributed by atoms with Crippen LogP contribution in [0.15, 0.2) is 84.9 Å². The molecule has 4 N–H and O–H groups in total. The zero-order valence-electron chi connectivity index (χ0n) is 21.8. The molecule has 0 bridgehead atoms. The summed E-state index contributed by atoms with van der Waals surface area (Å²) in [6, 6.07) is 25.3. The summed E-state index contributed by atoms with van der Waals surface area (Å²) in [6.07, 6.45) is 0. The molecule has 3 heterocycles. The number of nitrogens with one attached hydrogen (secondary N) is 2. The molecule has 7 aromatic rings. The fourth-order valence-corrected chi connectivity index (χ4v) is 8.22. The normalized spacial score (nSPS) is 11.3. The van der Waals surface area contributed by atoms with Gasteiger partial charge in [-0.2, -0.15) is 0 Å². The van der Waals surface area contributed by atoms with E-state index in [0.29, 0.717) is 30.2 Å². The number of carboxylic acid groups (broad SMARTS) is 2. The van der Waals surface area contributed by atoms with Crippen molar-refractivity contribution < 1.29 is 29.4 Å². The first-order valence-electron chi connectivity index (χ1n) is 12.9. The molecule has 210 valence electrons. The first kappa shape index (κ1) is 26.8. The molecule has 4 aromatic carbocycles. The zero-order valence-corrected chi connectivity index (χ0v) is 24.3. The summed E-state index contributed by atoms with van der Waals surface area (Å²) in [5, 5.41) is 28.5. The number of thiophene rings is 3. The fraction of sp³-hybridized carbons (Fsp3) is 0. The Morgan fingerprint density at radius 3 is 1.72 bits per heavy atom. The van der Waals surface area contributed by atoms with Crippen LogP contribution < -0.4 is 10.6 Å². The van der Waals surface area contributed by atoms with Crippen LogP contribution in [0.3, 0.4) is 0 Å². The first-order valence-corrected chi connectivity index (χ1v) is 15.3. The van der Waals surface area contributed by atoms with Gasteiger partial charge in [-0.25, -0.2) is 9.59 Å². The number of aromatic carboxylic acids is 2. The van der Waals surface area contributed by atoms with Crippen molar-refractivity contribution in [3.8, 4) is 0 Å². The van der Waals surface area contributed by atoms with Gasteiger partial charge in [-0.05, 0) is 53.2 Å². The van der Waals surface area contributed by atoms with Crippen molar-refractivity contribution >= 4 is 109 Å². The highest BCUT2D eigenvalue weighted by Crippen LogP contribution is 2.42. The molecule has 0 radical (unpaired) electrons. The Bertz CT molecular complexity index is 2250. The zero-order chi connectivity index (χ0) is 29.8. The molecular formula is C32H18N2O6S3. The Kier molecular flexibility index (Phi) is 6.42. The van der Waals surface area contributed by atoms with Gasteiger partial charge in [0, 0.05) is 35.3 Å². The van der Waals surface area contributed by atoms with E-state index in [4.69, 9.17) is 0 Å². The Morgan fingerprint density at radius 1 is 0.558 bits per heavy atom. The molecule has 0 aliphatic heterocycles. The molecule has 0 saturated carbocycles. The first-order chi connectivity index (χ1) is 20.8. The third-order valence-corrected chi connectivity index (χ3v) is 10.3. The van der Waals surface area contributed by atoms with Crippen molar-refractivity contribution in [1.29, 1.82) is 0 Å². The number of fused-ring (bicyclic) bond motifs is 5. The number of rotatable bonds is 6. The van der Waals surface area contributed by atoms with Crippen molar-refractivity contribution in [2.75, 3.05) is 10.6 Å². The Balaban J connectivity index is 1.29. The molecule has 0 saturated heterocycles. The maximum Gasteiger partial charge on any atom is 0.338 e. The van der Waals surface area contributed by atoms with Gasteiger partial charge in [0.05, 0.1) is 26.6 Å². The van der Waals surface area contributed by atoms with E-state index in [9.17, 15) is 29.4 Å². The van der Waals surface area contributed by atoms with Gasteiger partial charge in [0.15, 0.2) is 0 Å². The van der Waals surface area contributed by atoms with Crippen LogP contribution in [0.1, 0.15) is 40.1 Å². The molecule has 11 heteroatoms. The maximum absolute atomic E-state index is 13.2. The van der Waals surface area contributed by atoms with Crippen molar-refractivity contribution in [1.82, 2.24) is 0 Å². The molecule has 0 atom stereocenters. The van der Waals surface area contributed by atoms with Crippen LogP contribution in [0.25, 0.3) is 40.3 Å². The van der Waals surface area contributed by atoms with Gasteiger partial charge in [-0.15, -0.1) is 34.0 Å². The van der Waals surface area contributed by atoms with Gasteiger partial charge in [-0.1, -0.05) is 42.5 Å². The van der Waals surface area contributed by atoms with E-state index in [2.05, 4.69) is 10.6 Å². The highest BCUT2D eigenvalue weighted by molar-refractivity contribution is 7.26. The van der Waals surface area contributed by atoms with E-state index in [0.717, 1.165) is 20.2 Å². The number of carbonyl (C=O) groups is 4. The molecule has 8 nitrogen and oxygen atoms in total. The quantitative estimate of drug-likeness (QED) is 0.147. The van der Waals surface area contributed by atoms with E-state index in [1.807, 2.05) is 54.6 Å². The minimum Gasteiger partial charge on any atom is -0.478 e. The lowest BCUT2D eigenvalue weighted by Crippen LogP contribution is -2.17. The van der Waals surface area contributed by atoms with Gasteiger partial charge in [-0.3, -0.25) is 9.59 Å². The monoisotopic (exact) mass is 622 g/mol. The molecular weight excluding hydrogens is 605 g/mol. The maximum atomic E-state index is 13.2. The molecule has 3 aromatic heterocycles. The van der Waals surface area contributed by atoms with E-state index in [1.54, 1.807) is 24.3 Å². The fourth-order valence-electron chi connectivity index (χ4n) is 5.11. The van der Waals surface area contributed by atoms with Crippen LogP contribution in [0.2, 0.25) is 0 Å². The van der Waals surface area contributed by atoms with Crippen LogP contribution in [0, 0.1) is 0 Å². The molecule has 0 spiro atoms. The van der Waals surface area contributed by atoms with Gasteiger partial charge >= 0.3 is 11.9 Å². The summed E-state index contributed by atoms with van der Waals surface area (Å²) in [7, 11) is 0. The Hall–Kier alpha value is -5.10. The lowest BCUT2D eigenvalue weighted by Gasteiger charge is -2.12. The highest BCUT2D eigenvalue weighted by Gasteiger charge is 2.28. The van der Waals surface area contributed by atoms with E-state index in [1.165, 1.54) is 40.1 Å². The molecule has 2 amide bonds. The average molecular weight is 623 g/mol. The van der Waals surface area contributed by atoms with Crippen LogP contribution in [0.4, 0.5) is 11.4 Å². The third kappa shape index (κ3) is 4.69. The molecule has 43 heavy (non-hydrogen) atoms. The number of hydrogen-bond donors (Lipinski definition) is 4. The second-order valence-corrected chi connectivity index (χ2v) is 12.9. The molecule has 0 aliphatic carbocycles. The van der Waals surface area contributed by atoms with Gasteiger partial charge in [0.1, 0.15) is 0 Å². The summed E-state index contributed by atoms with van der Waals surface area (Å²) >= 11 is 3.88. The summed E-state index contributed by atoms with van der Waals surface area (Å²) in [4.78, 5) is 52.1. The SMILES string of the molecule is O=C(Nc1ccc2c(c1)sc1cc(NC(=O)c3cc4ccccc4s3)c(C(=O)O)c(C(=O)O)c12)c1cc2ccccc2s1. The molecule has 0 aliphatic rings. The molecule has 7 rings (SSSR count). The van der Waals surface area contributed by atoms with E-state index in [-0.39, 0.29) is 17.0 Å². The van der Waals surface area contributed by atoms with Crippen molar-refractivity contribution in [2.45, 2.75) is 0 Å². The van der Waals surface area contributed by atoms with Crippen LogP contribution in [-0.2, 0) is 0 Å². The largest absolute Gasteiger partial charge is 0.478 e. The van der Waals surface area contributed by atoms with Crippen LogP contribution in [0.5, 0.6) is 0 Å². The number of hydrogen-bond acceptors (Lipinski definition) is 7. The van der Waals surface area contributed by atoms with Gasteiger partial charge in [0.2, 0.25) is 0 Å². The Labute approximate surface area is 254 Å². The summed E-state index contributed by atoms with van der Waals surface area (Å²) in [5.74, 6) is -3.71. The standard InChI is InChI=1S/C32H18N2O6S3/c35-29(24-11-15-5-1-3-7-20(15)41-24)33-17-9-10-18-22(13-17)43-23-14-19(27(31(37)38)28(26(18)23)32(39)40)34-30(36)25-12-16-6-2-4-8-21(16)42-25/h1-14H,(H,33,35)(H,34,36)(H,37,38)(H,39,40). The number of carbonyl (C=O) groups excluding carboxylic acids is 2. The minimum atomic E-state index is -1.47. The third-order valence-electron chi connectivity index (χ3n) is 6.99. The average Bonchev–Trinajstić information content (AvgIpc) is 3.70. The van der Waals surface area contributed by atoms with Crippen molar-refractivity contribution in [2.24, 2.45) is 0 Å². The summed E-state index contributed by atoms with van der Waals surface area (Å²) in [6.45, 7) is 0. The second kappa shape index (κ2) is 10.3. The topological polar surface area (TPSA) is 133 Å². The number of benzene rings is 4.